The lowest BCUT2D eigenvalue weighted by Gasteiger charge is -2.16. The van der Waals surface area contributed by atoms with Crippen LogP contribution in [-0.4, -0.2) is 38.7 Å². The number of nitrogens with one attached hydrogen (secondary N) is 1. The van der Waals surface area contributed by atoms with E-state index in [0.717, 1.165) is 4.31 Å². The molecule has 31 heavy (non-hydrogen) atoms. The molecule has 0 radical (unpaired) electrons. The van der Waals surface area contributed by atoms with E-state index in [1.165, 1.54) is 31.5 Å². The number of nitrogens with zero attached hydrogens (tertiary/aromatic N) is 1. The molecule has 9 heteroatoms. The van der Waals surface area contributed by atoms with Gasteiger partial charge >= 0.3 is 5.97 Å². The number of sulfonamides is 1. The van der Waals surface area contributed by atoms with Crippen molar-refractivity contribution in [1.82, 2.24) is 4.31 Å². The van der Waals surface area contributed by atoms with Crippen molar-refractivity contribution in [2.24, 2.45) is 0 Å². The van der Waals surface area contributed by atoms with Crippen LogP contribution < -0.4 is 10.1 Å². The summed E-state index contributed by atoms with van der Waals surface area (Å²) in [7, 11) is -0.832. The second-order valence-electron chi connectivity index (χ2n) is 7.05. The molecule has 0 saturated heterocycles. The van der Waals surface area contributed by atoms with Crippen LogP contribution in [0, 0.1) is 13.8 Å². The summed E-state index contributed by atoms with van der Waals surface area (Å²) < 4.78 is 31.7. The minimum atomic E-state index is -3.71. The van der Waals surface area contributed by atoms with Gasteiger partial charge in [-0.15, -0.1) is 11.3 Å². The highest BCUT2D eigenvalue weighted by atomic mass is 32.2. The molecule has 1 heterocycles. The molecule has 0 atom stereocenters. The number of rotatable bonds is 6. The van der Waals surface area contributed by atoms with Gasteiger partial charge in [0, 0.05) is 19.8 Å². The van der Waals surface area contributed by atoms with E-state index in [0.29, 0.717) is 21.7 Å². The fourth-order valence-electron chi connectivity index (χ4n) is 2.78. The maximum Gasteiger partial charge on any atom is 0.343 e. The van der Waals surface area contributed by atoms with Gasteiger partial charge in [0.2, 0.25) is 10.0 Å². The number of carbonyl (C=O) groups excluding carboxylic acids is 2. The average molecular weight is 459 g/mol. The summed E-state index contributed by atoms with van der Waals surface area (Å²) in [6.07, 6.45) is 0. The van der Waals surface area contributed by atoms with Crippen molar-refractivity contribution in [1.29, 1.82) is 0 Å². The summed E-state index contributed by atoms with van der Waals surface area (Å²) in [5.74, 6) is -0.618. The van der Waals surface area contributed by atoms with Gasteiger partial charge in [0.1, 0.15) is 5.75 Å². The quantitative estimate of drug-likeness (QED) is 0.444. The number of esters is 1. The van der Waals surface area contributed by atoms with Gasteiger partial charge in [-0.2, -0.15) is 0 Å². The summed E-state index contributed by atoms with van der Waals surface area (Å²) in [5, 5.41) is 4.58. The van der Waals surface area contributed by atoms with Crippen LogP contribution in [0.5, 0.6) is 5.75 Å². The lowest BCUT2D eigenvalue weighted by atomic mass is 10.1. The van der Waals surface area contributed by atoms with Crippen molar-refractivity contribution >= 4 is 38.9 Å². The van der Waals surface area contributed by atoms with E-state index in [1.54, 1.807) is 56.3 Å². The van der Waals surface area contributed by atoms with Crippen molar-refractivity contribution in [3.63, 3.8) is 0 Å². The van der Waals surface area contributed by atoms with E-state index in [9.17, 15) is 18.0 Å². The van der Waals surface area contributed by atoms with Gasteiger partial charge in [-0.05, 0) is 72.8 Å². The van der Waals surface area contributed by atoms with E-state index < -0.39 is 16.0 Å². The van der Waals surface area contributed by atoms with Gasteiger partial charge in [-0.25, -0.2) is 17.5 Å². The lowest BCUT2D eigenvalue weighted by molar-refractivity contribution is 0.0734. The Hall–Kier alpha value is -3.01. The third-order valence-corrected chi connectivity index (χ3v) is 7.49. The summed E-state index contributed by atoms with van der Waals surface area (Å²) >= 11 is 1.34. The summed E-state index contributed by atoms with van der Waals surface area (Å²) in [5.41, 5.74) is 1.94. The highest BCUT2D eigenvalue weighted by molar-refractivity contribution is 7.89. The maximum absolute atomic E-state index is 12.6. The molecule has 2 aromatic carbocycles. The smallest absolute Gasteiger partial charge is 0.343 e. The monoisotopic (exact) mass is 458 g/mol. The van der Waals surface area contributed by atoms with E-state index in [2.05, 4.69) is 5.32 Å². The van der Waals surface area contributed by atoms with Crippen LogP contribution >= 0.6 is 11.3 Å². The molecule has 1 aromatic heterocycles. The van der Waals surface area contributed by atoms with E-state index in [4.69, 9.17) is 4.74 Å². The van der Waals surface area contributed by atoms with Gasteiger partial charge in [-0.3, -0.25) is 4.79 Å². The number of hydrogen-bond acceptors (Lipinski definition) is 6. The number of anilines is 1. The summed E-state index contributed by atoms with van der Waals surface area (Å²) in [4.78, 5) is 25.4. The lowest BCUT2D eigenvalue weighted by Crippen LogP contribution is -2.24. The molecule has 1 N–H and O–H groups in total. The number of amides is 1. The third kappa shape index (κ3) is 5.01. The largest absolute Gasteiger partial charge is 0.423 e. The Morgan fingerprint density at radius 2 is 1.71 bits per heavy atom. The van der Waals surface area contributed by atoms with Crippen LogP contribution in [-0.2, 0) is 10.0 Å². The first-order valence-corrected chi connectivity index (χ1v) is 11.6. The Labute approximate surface area is 185 Å². The molecular weight excluding hydrogens is 436 g/mol. The predicted octanol–water partition coefficient (Wildman–Crippen LogP) is 4.09. The Kier molecular flexibility index (Phi) is 6.59. The summed E-state index contributed by atoms with van der Waals surface area (Å²) in [6.45, 7) is 3.44. The SMILES string of the molecule is Cc1cc(C(=O)Oc2ccc(NC(=O)c3cccs3)cc2)cc(S(=O)(=O)N(C)C)c1C. The molecule has 0 spiro atoms. The molecule has 3 aromatic rings. The first-order chi connectivity index (χ1) is 14.6. The van der Waals surface area contributed by atoms with Gasteiger partial charge in [-0.1, -0.05) is 6.07 Å². The number of aryl methyl sites for hydroxylation is 1. The molecule has 3 rings (SSSR count). The molecule has 0 fully saturated rings. The van der Waals surface area contributed by atoms with Crippen LogP contribution in [0.1, 0.15) is 31.2 Å². The zero-order valence-corrected chi connectivity index (χ0v) is 19.1. The molecule has 0 aliphatic carbocycles. The van der Waals surface area contributed by atoms with Gasteiger partial charge in [0.15, 0.2) is 0 Å². The fraction of sp³-hybridized carbons (Fsp3) is 0.182. The van der Waals surface area contributed by atoms with Gasteiger partial charge in [0.05, 0.1) is 15.3 Å². The van der Waals surface area contributed by atoms with Crippen LogP contribution in [0.4, 0.5) is 5.69 Å². The van der Waals surface area contributed by atoms with E-state index in [1.807, 2.05) is 5.38 Å². The number of carbonyl (C=O) groups is 2. The third-order valence-electron chi connectivity index (χ3n) is 4.68. The second kappa shape index (κ2) is 9.01. The zero-order valence-electron chi connectivity index (χ0n) is 17.5. The van der Waals surface area contributed by atoms with Crippen molar-refractivity contribution in [2.45, 2.75) is 18.7 Å². The van der Waals surface area contributed by atoms with Crippen molar-refractivity contribution < 1.29 is 22.7 Å². The molecule has 7 nitrogen and oxygen atoms in total. The molecule has 0 aliphatic heterocycles. The minimum absolute atomic E-state index is 0.0658. The van der Waals surface area contributed by atoms with Gasteiger partial charge in [0.25, 0.3) is 5.91 Å². The molecule has 0 unspecified atom stereocenters. The first-order valence-electron chi connectivity index (χ1n) is 9.30. The predicted molar refractivity (Wildman–Crippen MR) is 120 cm³/mol. The number of ether oxygens (including phenoxy) is 1. The Morgan fingerprint density at radius 1 is 1.03 bits per heavy atom. The van der Waals surface area contributed by atoms with Crippen molar-refractivity contribution in [3.8, 4) is 5.75 Å². The maximum atomic E-state index is 12.6. The second-order valence-corrected chi connectivity index (χ2v) is 10.1. The number of hydrogen-bond donors (Lipinski definition) is 1. The first kappa shape index (κ1) is 22.7. The number of benzene rings is 2. The Balaban J connectivity index is 1.77. The molecule has 0 bridgehead atoms. The highest BCUT2D eigenvalue weighted by Crippen LogP contribution is 2.25. The molecule has 162 valence electrons. The fourth-order valence-corrected chi connectivity index (χ4v) is 4.62. The summed E-state index contributed by atoms with van der Waals surface area (Å²) in [6, 6.07) is 12.8. The Morgan fingerprint density at radius 3 is 2.29 bits per heavy atom. The molecule has 0 saturated carbocycles. The Bertz CT molecular complexity index is 1220. The molecule has 0 aliphatic rings. The van der Waals surface area contributed by atoms with Crippen LogP contribution in [0.25, 0.3) is 0 Å². The molecular formula is C22H22N2O5S2. The van der Waals surface area contributed by atoms with Crippen molar-refractivity contribution in [2.75, 3.05) is 19.4 Å². The van der Waals surface area contributed by atoms with Crippen LogP contribution in [0.15, 0.2) is 58.8 Å². The minimum Gasteiger partial charge on any atom is -0.423 e. The standard InChI is InChI=1S/C22H22N2O5S2/c1-14-12-16(13-20(15(14)2)31(27,28)24(3)4)22(26)29-18-9-7-17(8-10-18)23-21(25)19-6-5-11-30-19/h5-13H,1-4H3,(H,23,25). The van der Waals surface area contributed by atoms with Gasteiger partial charge < -0.3 is 10.1 Å². The molecule has 1 amide bonds. The normalized spacial score (nSPS) is 11.4. The van der Waals surface area contributed by atoms with Crippen molar-refractivity contribution in [3.05, 3.63) is 75.5 Å². The van der Waals surface area contributed by atoms with E-state index in [-0.39, 0.29) is 22.1 Å². The van der Waals surface area contributed by atoms with Crippen LogP contribution in [0.2, 0.25) is 0 Å². The average Bonchev–Trinajstić information content (AvgIpc) is 3.26. The van der Waals surface area contributed by atoms with Crippen LogP contribution in [0.3, 0.4) is 0 Å². The highest BCUT2D eigenvalue weighted by Gasteiger charge is 2.23. The zero-order chi connectivity index (χ0) is 22.8. The topological polar surface area (TPSA) is 92.8 Å². The number of thiophene rings is 1. The van der Waals surface area contributed by atoms with E-state index >= 15 is 0 Å².